The Morgan fingerprint density at radius 2 is 0.877 bits per heavy atom. The van der Waals surface area contributed by atoms with Crippen LogP contribution in [0.2, 0.25) is 15.2 Å². The SMILES string of the molecule is COCC(=O)NC(C)c1ccccc1.COCC(=O)NC(C)c1ccccc1Cl.COCC(=O)NC1CC1.COCC(=O)NC1CCC1.COCC(=O)NCc1ccc(Cl)nc1.COCC(=O)NCc1ccncc1.COCC(=O)NCc1ncc(C(F)(F)F)cc1Cl.COCC(=O)NCc1ncccn1. The lowest BCUT2D eigenvalue weighted by Crippen LogP contribution is -2.41. The zero-order valence-electron chi connectivity index (χ0n) is 61.0. The molecule has 2 fully saturated rings. The molecule has 0 spiro atoms. The lowest BCUT2D eigenvalue weighted by atomic mass is 9.93. The van der Waals surface area contributed by atoms with Crippen LogP contribution in [-0.2, 0) is 109 Å². The first-order chi connectivity index (χ1) is 50.7. The number of halogens is 6. The van der Waals surface area contributed by atoms with Crippen LogP contribution >= 0.6 is 34.8 Å². The lowest BCUT2D eigenvalue weighted by Gasteiger charge is -2.26. The third-order valence-corrected chi connectivity index (χ3v) is 14.2. The second-order valence-electron chi connectivity index (χ2n) is 22.3. The van der Waals surface area contributed by atoms with Gasteiger partial charge in [0, 0.05) is 124 Å². The monoisotopic (exact) mass is 1550 g/mol. The van der Waals surface area contributed by atoms with Crippen LogP contribution in [0, 0.1) is 0 Å². The van der Waals surface area contributed by atoms with Crippen LogP contribution in [0.3, 0.4) is 0 Å². The van der Waals surface area contributed by atoms with Crippen molar-refractivity contribution < 1.29 is 89.4 Å². The summed E-state index contributed by atoms with van der Waals surface area (Å²) >= 11 is 17.3. The van der Waals surface area contributed by atoms with E-state index < -0.39 is 17.6 Å². The molecule has 0 aliphatic heterocycles. The summed E-state index contributed by atoms with van der Waals surface area (Å²) in [4.78, 5) is 107. The number of nitrogens with one attached hydrogen (secondary N) is 8. The van der Waals surface area contributed by atoms with Gasteiger partial charge in [-0.1, -0.05) is 89.4 Å². The van der Waals surface area contributed by atoms with E-state index in [4.69, 9.17) is 44.3 Å². The predicted molar refractivity (Wildman–Crippen MR) is 390 cm³/mol. The number of carbonyl (C=O) groups is 8. The third kappa shape index (κ3) is 48.2. The summed E-state index contributed by atoms with van der Waals surface area (Å²) in [6.45, 7) is 5.72. The summed E-state index contributed by atoms with van der Waals surface area (Å²) in [5, 5.41) is 22.6. The van der Waals surface area contributed by atoms with Gasteiger partial charge in [-0.15, -0.1) is 0 Å². The van der Waals surface area contributed by atoms with Crippen LogP contribution in [0.25, 0.3) is 0 Å². The highest BCUT2D eigenvalue weighted by Gasteiger charge is 2.31. The number of benzene rings is 2. The summed E-state index contributed by atoms with van der Waals surface area (Å²) in [7, 11) is 11.8. The molecule has 2 saturated carbocycles. The Balaban J connectivity index is 0.000000610. The van der Waals surface area contributed by atoms with Crippen LogP contribution in [0.15, 0.2) is 128 Å². The van der Waals surface area contributed by atoms with Gasteiger partial charge in [-0.3, -0.25) is 48.3 Å². The molecule has 8 N–H and O–H groups in total. The second kappa shape index (κ2) is 58.3. The first-order valence-electron chi connectivity index (χ1n) is 32.7. The number of hydrogen-bond donors (Lipinski definition) is 8. The number of alkyl halides is 3. The Labute approximate surface area is 630 Å². The van der Waals surface area contributed by atoms with Crippen molar-refractivity contribution in [2.24, 2.45) is 0 Å². The molecule has 2 aliphatic carbocycles. The Morgan fingerprint density at radius 3 is 1.31 bits per heavy atom. The molecule has 4 aromatic heterocycles. The fraction of sp³-hybridized carbons (Fsp3) is 0.451. The Hall–Kier alpha value is -8.93. The second-order valence-corrected chi connectivity index (χ2v) is 23.5. The van der Waals surface area contributed by atoms with Gasteiger partial charge in [0.2, 0.25) is 47.3 Å². The number of amides is 8. The van der Waals surface area contributed by atoms with Crippen molar-refractivity contribution in [2.45, 2.75) is 102 Å². The average molecular weight is 1550 g/mol. The maximum Gasteiger partial charge on any atom is 0.417 e. The summed E-state index contributed by atoms with van der Waals surface area (Å²) in [5.74, 6) is -0.486. The minimum Gasteiger partial charge on any atom is -0.375 e. The van der Waals surface area contributed by atoms with E-state index in [0.717, 1.165) is 54.0 Å². The van der Waals surface area contributed by atoms with Crippen LogP contribution in [0.1, 0.15) is 97.4 Å². The number of rotatable bonds is 30. The molecule has 2 aromatic carbocycles. The molecule has 2 atom stereocenters. The quantitative estimate of drug-likeness (QED) is 0.0211. The van der Waals surface area contributed by atoms with E-state index in [9.17, 15) is 51.5 Å². The number of hydrogen-bond acceptors (Lipinski definition) is 21. The van der Waals surface area contributed by atoms with E-state index in [-0.39, 0.29) is 124 Å². The van der Waals surface area contributed by atoms with Gasteiger partial charge in [0.1, 0.15) is 63.8 Å². The van der Waals surface area contributed by atoms with E-state index in [1.165, 1.54) is 63.3 Å². The minimum atomic E-state index is -4.49. The predicted octanol–water partition coefficient (Wildman–Crippen LogP) is 6.98. The molecule has 6 aromatic rings. The zero-order chi connectivity index (χ0) is 78.9. The first kappa shape index (κ1) is 95.1. The van der Waals surface area contributed by atoms with Crippen LogP contribution in [0.4, 0.5) is 13.2 Å². The third-order valence-electron chi connectivity index (χ3n) is 13.3. The van der Waals surface area contributed by atoms with Crippen LogP contribution in [0.5, 0.6) is 0 Å². The number of pyridine rings is 3. The van der Waals surface area contributed by atoms with Gasteiger partial charge in [0.05, 0.1) is 41.5 Å². The molecule has 584 valence electrons. The number of carbonyl (C=O) groups excluding carboxylic acids is 8. The Bertz CT molecular complexity index is 3380. The van der Waals surface area contributed by atoms with Crippen molar-refractivity contribution in [1.82, 2.24) is 67.5 Å². The lowest BCUT2D eigenvalue weighted by molar-refractivity contribution is -0.138. The van der Waals surface area contributed by atoms with Crippen molar-refractivity contribution in [3.05, 3.63) is 183 Å². The molecule has 2 aliphatic rings. The van der Waals surface area contributed by atoms with Gasteiger partial charge in [-0.05, 0) is 105 Å². The molecule has 8 amide bonds. The van der Waals surface area contributed by atoms with E-state index in [0.29, 0.717) is 53.9 Å². The van der Waals surface area contributed by atoms with E-state index >= 15 is 0 Å². The van der Waals surface area contributed by atoms with Crippen molar-refractivity contribution in [3.63, 3.8) is 0 Å². The highest BCUT2D eigenvalue weighted by Crippen LogP contribution is 2.31. The minimum absolute atomic E-state index is 0.000000000000000222. The van der Waals surface area contributed by atoms with Gasteiger partial charge in [-0.25, -0.2) is 15.0 Å². The number of nitrogens with zero attached hydrogens (tertiary/aromatic N) is 5. The normalized spacial score (nSPS) is 12.1. The van der Waals surface area contributed by atoms with E-state index in [2.05, 4.69) is 95.9 Å². The van der Waals surface area contributed by atoms with Crippen LogP contribution < -0.4 is 42.5 Å². The van der Waals surface area contributed by atoms with Crippen molar-refractivity contribution >= 4 is 82.1 Å². The first-order valence-corrected chi connectivity index (χ1v) is 33.8. The van der Waals surface area contributed by atoms with Crippen molar-refractivity contribution in [3.8, 4) is 0 Å². The number of aromatic nitrogens is 5. The molecule has 29 nitrogen and oxygen atoms in total. The molecular formula is C71H97Cl3F3N13O16. The number of ether oxygens (including phenoxy) is 8. The van der Waals surface area contributed by atoms with Gasteiger partial charge < -0.3 is 80.4 Å². The molecule has 0 radical (unpaired) electrons. The van der Waals surface area contributed by atoms with E-state index in [1.54, 1.807) is 49.2 Å². The molecule has 106 heavy (non-hydrogen) atoms. The van der Waals surface area contributed by atoms with Gasteiger partial charge in [-0.2, -0.15) is 13.2 Å². The highest BCUT2D eigenvalue weighted by atomic mass is 35.5. The Morgan fingerprint density at radius 1 is 0.443 bits per heavy atom. The van der Waals surface area contributed by atoms with E-state index in [1.807, 2.05) is 80.6 Å². The summed E-state index contributed by atoms with van der Waals surface area (Å²) in [6.07, 6.45) is 10.2. The van der Waals surface area contributed by atoms with Crippen molar-refractivity contribution in [1.29, 1.82) is 0 Å². The summed E-state index contributed by atoms with van der Waals surface area (Å²) < 4.78 is 74.3. The highest BCUT2D eigenvalue weighted by molar-refractivity contribution is 6.31. The van der Waals surface area contributed by atoms with Gasteiger partial charge in [0.25, 0.3) is 0 Å². The largest absolute Gasteiger partial charge is 0.417 e. The molecule has 0 saturated heterocycles. The topological polar surface area (TPSA) is 371 Å². The maximum absolute atomic E-state index is 12.3. The van der Waals surface area contributed by atoms with Crippen molar-refractivity contribution in [2.75, 3.05) is 110 Å². The fourth-order valence-corrected chi connectivity index (χ4v) is 8.46. The standard InChI is InChI=1S/C11H14ClNO2.C11H15NO2.C10H10ClF3N2O2.C9H11ClN2O2.C9H12N2O2.C8H11N3O2.C7H13NO2.C6H11NO2/c1-8(13-11(14)7-15-2)9-5-3-4-6-10(9)12;1-9(12-11(13)8-14-2)10-6-4-3-5-7-10;1-18-5-9(17)16-4-8-7(11)2-6(3-15-8)10(12,13)14;1-14-6-9(13)12-5-7-2-3-8(10)11-4-7;1-13-7-9(12)11-6-8-2-4-10-5-3-8;1-13-6-8(12)11-5-7-9-3-2-4-10-7;1-10-5-7(9)8-6-3-2-4-6;1-9-4-6(8)7-5-2-3-5/h3-6,8H,7H2,1-2H3,(H,13,14);3-7,9H,8H2,1-2H3,(H,12,13);2-3H,4-5H2,1H3,(H,16,17);2-4H,5-6H2,1H3,(H,12,13);2-5H,6-7H2,1H3,(H,11,12);2-4H,5-6H2,1H3,(H,11,12);6H,2-5H2,1H3,(H,8,9);5H,2-4H2,1H3,(H,7,8). The summed E-state index contributed by atoms with van der Waals surface area (Å²) in [6, 6.07) is 27.8. The molecule has 0 bridgehead atoms. The molecule has 35 heteroatoms. The van der Waals surface area contributed by atoms with Gasteiger partial charge >= 0.3 is 6.18 Å². The van der Waals surface area contributed by atoms with Crippen LogP contribution in [-0.4, -0.2) is 194 Å². The summed E-state index contributed by atoms with van der Waals surface area (Å²) in [5.41, 5.74) is 3.16. The molecular weight excluding hydrogens is 1450 g/mol. The average Bonchev–Trinajstić information content (AvgIpc) is 1.07. The molecule has 8 rings (SSSR count). The Kier molecular flexibility index (Phi) is 52.3. The molecule has 4 heterocycles. The maximum atomic E-state index is 12.3. The zero-order valence-corrected chi connectivity index (χ0v) is 63.3. The molecule has 2 unspecified atom stereocenters. The fourth-order valence-electron chi connectivity index (χ4n) is 7.81. The van der Waals surface area contributed by atoms with Gasteiger partial charge in [0.15, 0.2) is 0 Å². The number of methoxy groups -OCH3 is 8. The smallest absolute Gasteiger partial charge is 0.375 e.